The van der Waals surface area contributed by atoms with Gasteiger partial charge in [-0.3, -0.25) is 19.8 Å². The summed E-state index contributed by atoms with van der Waals surface area (Å²) in [5.74, 6) is -0.576. The highest BCUT2D eigenvalue weighted by Gasteiger charge is 2.35. The molecule has 1 amide bonds. The fourth-order valence-electron chi connectivity index (χ4n) is 3.13. The lowest BCUT2D eigenvalue weighted by Crippen LogP contribution is -2.50. The zero-order chi connectivity index (χ0) is 15.0. The van der Waals surface area contributed by atoms with E-state index in [2.05, 4.69) is 4.90 Å². The molecule has 0 saturated carbocycles. The summed E-state index contributed by atoms with van der Waals surface area (Å²) >= 11 is 0. The molecule has 1 unspecified atom stereocenters. The molecule has 0 N–H and O–H groups in total. The van der Waals surface area contributed by atoms with Crippen molar-refractivity contribution in [2.24, 2.45) is 0 Å². The highest BCUT2D eigenvalue weighted by atomic mass is 19.1. The number of hydrogen-bond acceptors (Lipinski definition) is 4. The molecule has 0 bridgehead atoms. The molecule has 2 saturated heterocycles. The third-order valence-corrected chi connectivity index (χ3v) is 4.19. The molecule has 1 aromatic rings. The zero-order valence-corrected chi connectivity index (χ0v) is 11.5. The number of carbonyl (C=O) groups is 1. The number of amides is 1. The van der Waals surface area contributed by atoms with Gasteiger partial charge in [-0.15, -0.1) is 0 Å². The van der Waals surface area contributed by atoms with E-state index in [4.69, 9.17) is 0 Å². The molecule has 2 aliphatic rings. The lowest BCUT2D eigenvalue weighted by molar-refractivity contribution is -0.387. The second kappa shape index (κ2) is 5.40. The van der Waals surface area contributed by atoms with Gasteiger partial charge in [0.05, 0.1) is 4.92 Å². The van der Waals surface area contributed by atoms with E-state index in [0.717, 1.165) is 25.1 Å². The number of nitro benzene ring substituents is 1. The quantitative estimate of drug-likeness (QED) is 0.626. The molecule has 1 atom stereocenters. The molecule has 2 aliphatic heterocycles. The van der Waals surface area contributed by atoms with Crippen molar-refractivity contribution in [2.75, 3.05) is 19.6 Å². The summed E-state index contributed by atoms with van der Waals surface area (Å²) in [6, 6.07) is 4.28. The Labute approximate surface area is 121 Å². The van der Waals surface area contributed by atoms with E-state index in [1.807, 2.05) is 4.90 Å². The number of piperazine rings is 1. The van der Waals surface area contributed by atoms with Crippen LogP contribution in [0, 0.1) is 15.9 Å². The van der Waals surface area contributed by atoms with Gasteiger partial charge in [0, 0.05) is 44.7 Å². The average Bonchev–Trinajstić information content (AvgIpc) is 2.80. The van der Waals surface area contributed by atoms with Gasteiger partial charge >= 0.3 is 5.69 Å². The number of halogens is 1. The third kappa shape index (κ3) is 2.73. The Hall–Kier alpha value is -2.02. The van der Waals surface area contributed by atoms with Crippen LogP contribution in [0.4, 0.5) is 10.1 Å². The second-order valence-corrected chi connectivity index (χ2v) is 5.56. The lowest BCUT2D eigenvalue weighted by atomic mass is 10.1. The van der Waals surface area contributed by atoms with Gasteiger partial charge in [0.25, 0.3) is 0 Å². The summed E-state index contributed by atoms with van der Waals surface area (Å²) in [5.41, 5.74) is 0.223. The van der Waals surface area contributed by atoms with E-state index in [-0.39, 0.29) is 11.9 Å². The van der Waals surface area contributed by atoms with Crippen LogP contribution in [0.5, 0.6) is 0 Å². The standard InChI is InChI=1S/C14H16FN3O3/c15-12-7-10(1-3-13(12)18(20)21)8-16-5-6-17-11(9-16)2-4-14(17)19/h1,3,7,11H,2,4-6,8-9H2. The minimum Gasteiger partial charge on any atom is -0.337 e. The van der Waals surface area contributed by atoms with E-state index >= 15 is 0 Å². The van der Waals surface area contributed by atoms with Crippen molar-refractivity contribution in [1.29, 1.82) is 0 Å². The molecule has 7 heteroatoms. The highest BCUT2D eigenvalue weighted by Crippen LogP contribution is 2.24. The third-order valence-electron chi connectivity index (χ3n) is 4.19. The monoisotopic (exact) mass is 293 g/mol. The molecule has 0 aliphatic carbocycles. The Morgan fingerprint density at radius 3 is 2.90 bits per heavy atom. The van der Waals surface area contributed by atoms with Crippen molar-refractivity contribution in [1.82, 2.24) is 9.80 Å². The topological polar surface area (TPSA) is 66.7 Å². The highest BCUT2D eigenvalue weighted by molar-refractivity contribution is 5.78. The van der Waals surface area contributed by atoms with E-state index in [9.17, 15) is 19.3 Å². The normalized spacial score (nSPS) is 22.4. The average molecular weight is 293 g/mol. The minimum absolute atomic E-state index is 0.223. The van der Waals surface area contributed by atoms with Crippen LogP contribution in [0.2, 0.25) is 0 Å². The SMILES string of the molecule is O=C1CCC2CN(Cc3ccc([N+](=O)[O-])c(F)c3)CCN12. The van der Waals surface area contributed by atoms with E-state index in [0.29, 0.717) is 19.5 Å². The molecule has 6 nitrogen and oxygen atoms in total. The van der Waals surface area contributed by atoms with Gasteiger partial charge in [0.1, 0.15) is 0 Å². The van der Waals surface area contributed by atoms with Crippen LogP contribution in [0.15, 0.2) is 18.2 Å². The summed E-state index contributed by atoms with van der Waals surface area (Å²) < 4.78 is 13.6. The Morgan fingerprint density at radius 1 is 1.38 bits per heavy atom. The van der Waals surface area contributed by atoms with Gasteiger partial charge in [-0.2, -0.15) is 4.39 Å². The Bertz CT molecular complexity index is 593. The van der Waals surface area contributed by atoms with Crippen LogP contribution >= 0.6 is 0 Å². The summed E-state index contributed by atoms with van der Waals surface area (Å²) in [7, 11) is 0. The predicted octanol–water partition coefficient (Wildman–Crippen LogP) is 1.54. The van der Waals surface area contributed by atoms with E-state index in [1.165, 1.54) is 12.1 Å². The molecule has 2 fully saturated rings. The van der Waals surface area contributed by atoms with Crippen LogP contribution in [-0.2, 0) is 11.3 Å². The number of fused-ring (bicyclic) bond motifs is 1. The molecule has 112 valence electrons. The van der Waals surface area contributed by atoms with Crippen LogP contribution in [0.25, 0.3) is 0 Å². The molecule has 0 radical (unpaired) electrons. The minimum atomic E-state index is -0.799. The first-order chi connectivity index (χ1) is 10.0. The first-order valence-corrected chi connectivity index (χ1v) is 6.99. The van der Waals surface area contributed by atoms with Crippen molar-refractivity contribution in [3.63, 3.8) is 0 Å². The van der Waals surface area contributed by atoms with Crippen molar-refractivity contribution in [2.45, 2.75) is 25.4 Å². The van der Waals surface area contributed by atoms with Crippen LogP contribution in [0.3, 0.4) is 0 Å². The van der Waals surface area contributed by atoms with Crippen molar-refractivity contribution in [3.8, 4) is 0 Å². The van der Waals surface area contributed by atoms with Crippen LogP contribution < -0.4 is 0 Å². The fourth-order valence-corrected chi connectivity index (χ4v) is 3.13. The van der Waals surface area contributed by atoms with Gasteiger partial charge in [-0.05, 0) is 18.1 Å². The fraction of sp³-hybridized carbons (Fsp3) is 0.500. The van der Waals surface area contributed by atoms with Gasteiger partial charge < -0.3 is 4.90 Å². The zero-order valence-electron chi connectivity index (χ0n) is 11.5. The molecule has 3 rings (SSSR count). The summed E-state index contributed by atoms with van der Waals surface area (Å²) in [6.07, 6.45) is 1.49. The van der Waals surface area contributed by atoms with Crippen LogP contribution in [0.1, 0.15) is 18.4 Å². The molecule has 21 heavy (non-hydrogen) atoms. The maximum atomic E-state index is 13.6. The Kier molecular flexibility index (Phi) is 3.59. The number of hydrogen-bond donors (Lipinski definition) is 0. The summed E-state index contributed by atoms with van der Waals surface area (Å²) in [4.78, 5) is 25.6. The summed E-state index contributed by atoms with van der Waals surface area (Å²) in [5, 5.41) is 10.6. The van der Waals surface area contributed by atoms with Gasteiger partial charge in [-0.25, -0.2) is 0 Å². The smallest absolute Gasteiger partial charge is 0.304 e. The molecule has 1 aromatic carbocycles. The number of nitrogens with zero attached hydrogens (tertiary/aromatic N) is 3. The number of benzene rings is 1. The Balaban J connectivity index is 1.66. The van der Waals surface area contributed by atoms with Crippen molar-refractivity contribution in [3.05, 3.63) is 39.7 Å². The number of nitro groups is 1. The van der Waals surface area contributed by atoms with Gasteiger partial charge in [0.2, 0.25) is 11.7 Å². The second-order valence-electron chi connectivity index (χ2n) is 5.56. The van der Waals surface area contributed by atoms with Crippen molar-refractivity contribution >= 4 is 11.6 Å². The van der Waals surface area contributed by atoms with Crippen molar-refractivity contribution < 1.29 is 14.1 Å². The van der Waals surface area contributed by atoms with Crippen LogP contribution in [-0.4, -0.2) is 46.3 Å². The molecular formula is C14H16FN3O3. The predicted molar refractivity (Wildman–Crippen MR) is 73.1 cm³/mol. The maximum Gasteiger partial charge on any atom is 0.304 e. The number of carbonyl (C=O) groups excluding carboxylic acids is 1. The maximum absolute atomic E-state index is 13.6. The molecule has 0 spiro atoms. The Morgan fingerprint density at radius 2 is 2.19 bits per heavy atom. The van der Waals surface area contributed by atoms with E-state index < -0.39 is 16.4 Å². The first kappa shape index (κ1) is 13.9. The van der Waals surface area contributed by atoms with Gasteiger partial charge in [-0.1, -0.05) is 6.07 Å². The lowest BCUT2D eigenvalue weighted by Gasteiger charge is -2.37. The molecule has 2 heterocycles. The van der Waals surface area contributed by atoms with E-state index in [1.54, 1.807) is 6.07 Å². The molecule has 0 aromatic heterocycles. The number of rotatable bonds is 3. The largest absolute Gasteiger partial charge is 0.337 e. The first-order valence-electron chi connectivity index (χ1n) is 6.99. The molecular weight excluding hydrogens is 277 g/mol. The van der Waals surface area contributed by atoms with Gasteiger partial charge in [0.15, 0.2) is 0 Å². The summed E-state index contributed by atoms with van der Waals surface area (Å²) in [6.45, 7) is 2.79.